The van der Waals surface area contributed by atoms with Crippen LogP contribution in [0.3, 0.4) is 0 Å². The van der Waals surface area contributed by atoms with E-state index in [0.29, 0.717) is 23.7 Å². The van der Waals surface area contributed by atoms with Gasteiger partial charge in [0.2, 0.25) is 5.91 Å². The van der Waals surface area contributed by atoms with E-state index < -0.39 is 0 Å². The summed E-state index contributed by atoms with van der Waals surface area (Å²) in [6.07, 6.45) is 1.55. The molecule has 1 aliphatic heterocycles. The molecule has 0 spiro atoms. The van der Waals surface area contributed by atoms with Gasteiger partial charge >= 0.3 is 0 Å². The number of rotatable bonds is 8. The average Bonchev–Trinajstić information content (AvgIpc) is 2.77. The number of hydrogen-bond donors (Lipinski definition) is 1. The van der Waals surface area contributed by atoms with Crippen LogP contribution in [0.15, 0.2) is 42.5 Å². The summed E-state index contributed by atoms with van der Waals surface area (Å²) < 4.78 is 14.0. The minimum atomic E-state index is -0.269. The Bertz CT molecular complexity index is 811. The van der Waals surface area contributed by atoms with Crippen LogP contribution in [0.25, 0.3) is 0 Å². The largest absolute Gasteiger partial charge is 0.372 e. The second-order valence-electron chi connectivity index (χ2n) is 7.81. The predicted octanol–water partition coefficient (Wildman–Crippen LogP) is 4.85. The van der Waals surface area contributed by atoms with Gasteiger partial charge in [0, 0.05) is 48.4 Å². The molecule has 1 heterocycles. The first-order valence-corrected chi connectivity index (χ1v) is 11.2. The van der Waals surface area contributed by atoms with E-state index in [-0.39, 0.29) is 17.6 Å². The van der Waals surface area contributed by atoms with Crippen molar-refractivity contribution in [3.63, 3.8) is 0 Å². The summed E-state index contributed by atoms with van der Waals surface area (Å²) in [6, 6.07) is 13.2. The zero-order chi connectivity index (χ0) is 21.5. The molecule has 0 radical (unpaired) electrons. The Kier molecular flexibility index (Phi) is 8.11. The van der Waals surface area contributed by atoms with E-state index in [2.05, 4.69) is 53.2 Å². The van der Waals surface area contributed by atoms with Crippen LogP contribution in [0.1, 0.15) is 37.8 Å². The number of carbonyl (C=O) groups excluding carboxylic acids is 1. The molecule has 1 fully saturated rings. The molecule has 0 atom stereocenters. The summed E-state index contributed by atoms with van der Waals surface area (Å²) in [5.74, 6) is -0.159. The lowest BCUT2D eigenvalue weighted by molar-refractivity contribution is -0.126. The second-order valence-corrected chi connectivity index (χ2v) is 8.21. The van der Waals surface area contributed by atoms with Crippen LogP contribution in [0.2, 0.25) is 5.02 Å². The van der Waals surface area contributed by atoms with Crippen molar-refractivity contribution in [1.29, 1.82) is 0 Å². The van der Waals surface area contributed by atoms with Gasteiger partial charge in [-0.05, 0) is 69.6 Å². The van der Waals surface area contributed by atoms with E-state index in [9.17, 15) is 9.18 Å². The maximum absolute atomic E-state index is 14.0. The molecular weight excluding hydrogens is 401 g/mol. The lowest BCUT2D eigenvalue weighted by Crippen LogP contribution is -2.40. The molecule has 1 aliphatic rings. The van der Waals surface area contributed by atoms with Crippen LogP contribution < -0.4 is 10.2 Å². The third-order valence-electron chi connectivity index (χ3n) is 5.93. The molecule has 0 bridgehead atoms. The molecule has 0 aromatic heterocycles. The molecule has 0 saturated carbocycles. The van der Waals surface area contributed by atoms with Crippen LogP contribution in [0.4, 0.5) is 10.1 Å². The van der Waals surface area contributed by atoms with Crippen molar-refractivity contribution in [2.24, 2.45) is 5.92 Å². The molecule has 2 aromatic carbocycles. The first kappa shape index (κ1) is 22.6. The van der Waals surface area contributed by atoms with Gasteiger partial charge in [-0.25, -0.2) is 4.39 Å². The first-order chi connectivity index (χ1) is 14.5. The van der Waals surface area contributed by atoms with E-state index in [1.54, 1.807) is 12.1 Å². The average molecular weight is 432 g/mol. The van der Waals surface area contributed by atoms with E-state index in [4.69, 9.17) is 11.6 Å². The fourth-order valence-electron chi connectivity index (χ4n) is 4.01. The van der Waals surface area contributed by atoms with Crippen molar-refractivity contribution >= 4 is 23.2 Å². The third kappa shape index (κ3) is 5.73. The van der Waals surface area contributed by atoms with Crippen LogP contribution in [0, 0.1) is 11.7 Å². The van der Waals surface area contributed by atoms with Crippen LogP contribution in [0.5, 0.6) is 0 Å². The van der Waals surface area contributed by atoms with Crippen molar-refractivity contribution in [2.45, 2.75) is 39.8 Å². The smallest absolute Gasteiger partial charge is 0.223 e. The fraction of sp³-hybridized carbons (Fsp3) is 0.458. The van der Waals surface area contributed by atoms with Crippen LogP contribution in [-0.2, 0) is 17.9 Å². The van der Waals surface area contributed by atoms with Crippen molar-refractivity contribution in [1.82, 2.24) is 10.2 Å². The Morgan fingerprint density at radius 3 is 2.40 bits per heavy atom. The first-order valence-electron chi connectivity index (χ1n) is 10.8. The second kappa shape index (κ2) is 10.8. The van der Waals surface area contributed by atoms with Gasteiger partial charge in [-0.1, -0.05) is 29.8 Å². The Balaban J connectivity index is 1.45. The number of halogens is 2. The minimum absolute atomic E-state index is 0.00675. The summed E-state index contributed by atoms with van der Waals surface area (Å²) in [7, 11) is 0. The van der Waals surface area contributed by atoms with Gasteiger partial charge in [-0.3, -0.25) is 9.69 Å². The normalized spacial score (nSPS) is 15.2. The monoisotopic (exact) mass is 431 g/mol. The molecule has 1 N–H and O–H groups in total. The summed E-state index contributed by atoms with van der Waals surface area (Å²) in [5.41, 5.74) is 2.85. The fourth-order valence-corrected chi connectivity index (χ4v) is 4.23. The topological polar surface area (TPSA) is 35.6 Å². The van der Waals surface area contributed by atoms with Crippen molar-refractivity contribution in [2.75, 3.05) is 31.1 Å². The number of hydrogen-bond acceptors (Lipinski definition) is 3. The van der Waals surface area contributed by atoms with Gasteiger partial charge < -0.3 is 10.2 Å². The summed E-state index contributed by atoms with van der Waals surface area (Å²) >= 11 is 6.14. The van der Waals surface area contributed by atoms with Crippen LogP contribution >= 0.6 is 11.6 Å². The zero-order valence-electron chi connectivity index (χ0n) is 17.8. The highest BCUT2D eigenvalue weighted by molar-refractivity contribution is 6.31. The number of nitrogens with one attached hydrogen (secondary N) is 1. The maximum atomic E-state index is 14.0. The molecule has 162 valence electrons. The Morgan fingerprint density at radius 2 is 1.80 bits per heavy atom. The molecular formula is C24H31ClFN3O. The highest BCUT2D eigenvalue weighted by atomic mass is 35.5. The Labute approximate surface area is 184 Å². The number of benzene rings is 2. The lowest BCUT2D eigenvalue weighted by Gasteiger charge is -2.31. The third-order valence-corrected chi connectivity index (χ3v) is 6.29. The Morgan fingerprint density at radius 1 is 1.13 bits per heavy atom. The number of carbonyl (C=O) groups is 1. The standard InChI is InChI=1S/C24H31ClFN3O/c1-3-29(4-2)20-10-8-18(9-11-20)16-27-24(30)19-12-14-28(15-13-19)17-21-22(25)6-5-7-23(21)26/h5-11,19H,3-4,12-17H2,1-2H3,(H,27,30). The van der Waals surface area contributed by atoms with E-state index in [0.717, 1.165) is 44.6 Å². The summed E-state index contributed by atoms with van der Waals surface area (Å²) in [5, 5.41) is 3.54. The van der Waals surface area contributed by atoms with E-state index in [1.807, 2.05) is 0 Å². The molecule has 1 amide bonds. The Hall–Kier alpha value is -2.11. The van der Waals surface area contributed by atoms with E-state index >= 15 is 0 Å². The highest BCUT2D eigenvalue weighted by Gasteiger charge is 2.25. The number of nitrogens with zero attached hydrogens (tertiary/aromatic N) is 2. The molecule has 1 saturated heterocycles. The molecule has 4 nitrogen and oxygen atoms in total. The quantitative estimate of drug-likeness (QED) is 0.648. The number of anilines is 1. The van der Waals surface area contributed by atoms with Gasteiger partial charge in [0.05, 0.1) is 0 Å². The molecule has 0 unspecified atom stereocenters. The zero-order valence-corrected chi connectivity index (χ0v) is 18.6. The maximum Gasteiger partial charge on any atom is 0.223 e. The van der Waals surface area contributed by atoms with Crippen molar-refractivity contribution < 1.29 is 9.18 Å². The molecule has 3 rings (SSSR count). The minimum Gasteiger partial charge on any atom is -0.372 e. The highest BCUT2D eigenvalue weighted by Crippen LogP contribution is 2.24. The number of likely N-dealkylation sites (tertiary alicyclic amines) is 1. The van der Waals surface area contributed by atoms with Crippen molar-refractivity contribution in [3.8, 4) is 0 Å². The molecule has 30 heavy (non-hydrogen) atoms. The molecule has 6 heteroatoms. The van der Waals surface area contributed by atoms with Crippen LogP contribution in [-0.4, -0.2) is 37.0 Å². The predicted molar refractivity (Wildman–Crippen MR) is 121 cm³/mol. The molecule has 0 aliphatic carbocycles. The van der Waals surface area contributed by atoms with Crippen molar-refractivity contribution in [3.05, 3.63) is 64.4 Å². The molecule has 2 aromatic rings. The SMILES string of the molecule is CCN(CC)c1ccc(CNC(=O)C2CCN(Cc3c(F)cccc3Cl)CC2)cc1. The number of amides is 1. The lowest BCUT2D eigenvalue weighted by atomic mass is 9.95. The van der Waals surface area contributed by atoms with Gasteiger partial charge in [0.25, 0.3) is 0 Å². The number of piperidine rings is 1. The van der Waals surface area contributed by atoms with E-state index in [1.165, 1.54) is 11.8 Å². The summed E-state index contributed by atoms with van der Waals surface area (Å²) in [4.78, 5) is 17.1. The van der Waals surface area contributed by atoms with Gasteiger partial charge in [0.1, 0.15) is 5.82 Å². The van der Waals surface area contributed by atoms with Gasteiger partial charge in [-0.2, -0.15) is 0 Å². The summed E-state index contributed by atoms with van der Waals surface area (Å²) in [6.45, 7) is 8.81. The van der Waals surface area contributed by atoms with Gasteiger partial charge in [0.15, 0.2) is 0 Å². The van der Waals surface area contributed by atoms with Gasteiger partial charge in [-0.15, -0.1) is 0 Å².